The lowest BCUT2D eigenvalue weighted by Crippen LogP contribution is -2.00. The Kier molecular flexibility index (Phi) is 4.33. The van der Waals surface area contributed by atoms with Crippen LogP contribution in [0.15, 0.2) is 78.9 Å². The zero-order valence-corrected chi connectivity index (χ0v) is 16.5. The lowest BCUT2D eigenvalue weighted by Gasteiger charge is -2.12. The number of benzene rings is 3. The zero-order valence-electron chi connectivity index (χ0n) is 16.5. The fourth-order valence-electron chi connectivity index (χ4n) is 3.89. The molecule has 0 aliphatic heterocycles. The average molecular weight is 408 g/mol. The van der Waals surface area contributed by atoms with Gasteiger partial charge in [0.05, 0.1) is 29.0 Å². The van der Waals surface area contributed by atoms with Crippen LogP contribution < -0.4 is 4.74 Å². The van der Waals surface area contributed by atoms with Gasteiger partial charge in [-0.05, 0) is 53.6 Å². The third-order valence-corrected chi connectivity index (χ3v) is 5.45. The molecular weight excluding hydrogens is 392 g/mol. The summed E-state index contributed by atoms with van der Waals surface area (Å²) >= 11 is 0. The van der Waals surface area contributed by atoms with E-state index >= 15 is 0 Å². The highest BCUT2D eigenvalue weighted by molar-refractivity contribution is 6.24. The topological polar surface area (TPSA) is 82.3 Å². The molecule has 3 aromatic carbocycles. The van der Waals surface area contributed by atoms with Crippen LogP contribution in [-0.2, 0) is 0 Å². The van der Waals surface area contributed by atoms with E-state index < -0.39 is 4.92 Å². The van der Waals surface area contributed by atoms with Crippen LogP contribution in [0.1, 0.15) is 15.9 Å². The molecule has 6 heteroatoms. The maximum Gasteiger partial charge on any atom is 0.269 e. The summed E-state index contributed by atoms with van der Waals surface area (Å²) in [6, 6.07) is 23.0. The van der Waals surface area contributed by atoms with Gasteiger partial charge in [0, 0.05) is 28.8 Å². The first-order valence-corrected chi connectivity index (χ1v) is 9.65. The highest BCUT2D eigenvalue weighted by Crippen LogP contribution is 2.42. The standard InChI is InChI=1S/C25H16N2O4/c1-31-18-12-8-16(9-13-18)22-14-21(15-6-10-17(11-7-15)27(29)30)23-24(26-22)19-4-2-3-5-20(19)25(23)28/h2-14H,1H3. The van der Waals surface area contributed by atoms with E-state index in [0.717, 1.165) is 22.4 Å². The first kappa shape index (κ1) is 18.7. The Bertz CT molecular complexity index is 1340. The van der Waals surface area contributed by atoms with Crippen molar-refractivity contribution in [3.8, 4) is 39.4 Å². The molecule has 0 radical (unpaired) electrons. The molecule has 0 saturated carbocycles. The molecule has 0 amide bonds. The van der Waals surface area contributed by atoms with Crippen LogP contribution in [0.25, 0.3) is 33.6 Å². The Balaban J connectivity index is 1.75. The number of non-ortho nitro benzene ring substituents is 1. The van der Waals surface area contributed by atoms with Crippen LogP contribution in [0.4, 0.5) is 5.69 Å². The van der Waals surface area contributed by atoms with Gasteiger partial charge in [0.2, 0.25) is 0 Å². The van der Waals surface area contributed by atoms with Crippen LogP contribution in [0.5, 0.6) is 5.75 Å². The summed E-state index contributed by atoms with van der Waals surface area (Å²) < 4.78 is 5.24. The number of fused-ring (bicyclic) bond motifs is 3. The molecule has 0 spiro atoms. The zero-order chi connectivity index (χ0) is 21.5. The largest absolute Gasteiger partial charge is 0.497 e. The van der Waals surface area contributed by atoms with Crippen LogP contribution in [0.3, 0.4) is 0 Å². The number of hydrogen-bond donors (Lipinski definition) is 0. The molecule has 4 aromatic rings. The monoisotopic (exact) mass is 408 g/mol. The fraction of sp³-hybridized carbons (Fsp3) is 0.0400. The van der Waals surface area contributed by atoms with Crippen molar-refractivity contribution in [1.82, 2.24) is 4.98 Å². The van der Waals surface area contributed by atoms with E-state index in [1.165, 1.54) is 12.1 Å². The minimum absolute atomic E-state index is 0.000517. The third-order valence-electron chi connectivity index (χ3n) is 5.45. The van der Waals surface area contributed by atoms with Crippen molar-refractivity contribution in [3.05, 3.63) is 100 Å². The van der Waals surface area contributed by atoms with Gasteiger partial charge in [-0.25, -0.2) is 4.98 Å². The number of methoxy groups -OCH3 is 1. The number of ketones is 1. The predicted octanol–water partition coefficient (Wildman–Crippen LogP) is 5.54. The van der Waals surface area contributed by atoms with E-state index in [1.807, 2.05) is 48.5 Å². The Morgan fingerprint density at radius 3 is 2.13 bits per heavy atom. The Morgan fingerprint density at radius 1 is 0.839 bits per heavy atom. The normalized spacial score (nSPS) is 11.7. The van der Waals surface area contributed by atoms with E-state index in [4.69, 9.17) is 9.72 Å². The molecule has 1 aliphatic carbocycles. The molecule has 0 saturated heterocycles. The predicted molar refractivity (Wildman–Crippen MR) is 117 cm³/mol. The summed E-state index contributed by atoms with van der Waals surface area (Å²) in [6.45, 7) is 0. The minimum atomic E-state index is -0.440. The number of carbonyl (C=O) groups excluding carboxylic acids is 1. The van der Waals surface area contributed by atoms with Crippen molar-refractivity contribution in [2.45, 2.75) is 0 Å². The summed E-state index contributed by atoms with van der Waals surface area (Å²) in [6.07, 6.45) is 0. The molecule has 0 unspecified atom stereocenters. The molecule has 0 bridgehead atoms. The van der Waals surface area contributed by atoms with Gasteiger partial charge in [0.1, 0.15) is 5.75 Å². The fourth-order valence-corrected chi connectivity index (χ4v) is 3.89. The molecule has 5 rings (SSSR count). The van der Waals surface area contributed by atoms with E-state index in [9.17, 15) is 14.9 Å². The van der Waals surface area contributed by atoms with Crippen molar-refractivity contribution in [3.63, 3.8) is 0 Å². The number of pyridine rings is 1. The highest BCUT2D eigenvalue weighted by atomic mass is 16.6. The number of nitrogens with zero attached hydrogens (tertiary/aromatic N) is 2. The molecule has 6 nitrogen and oxygen atoms in total. The second-order valence-electron chi connectivity index (χ2n) is 7.19. The number of rotatable bonds is 4. The lowest BCUT2D eigenvalue weighted by atomic mass is 9.95. The first-order valence-electron chi connectivity index (χ1n) is 9.65. The molecule has 31 heavy (non-hydrogen) atoms. The second-order valence-corrected chi connectivity index (χ2v) is 7.19. The third kappa shape index (κ3) is 3.05. The summed E-state index contributed by atoms with van der Waals surface area (Å²) in [4.78, 5) is 28.7. The van der Waals surface area contributed by atoms with Gasteiger partial charge in [-0.1, -0.05) is 24.3 Å². The van der Waals surface area contributed by atoms with Crippen LogP contribution >= 0.6 is 0 Å². The van der Waals surface area contributed by atoms with Crippen molar-refractivity contribution in [2.24, 2.45) is 0 Å². The molecule has 0 N–H and O–H groups in total. The van der Waals surface area contributed by atoms with E-state index in [1.54, 1.807) is 25.3 Å². The Labute approximate surface area is 177 Å². The van der Waals surface area contributed by atoms with Gasteiger partial charge in [-0.2, -0.15) is 0 Å². The minimum Gasteiger partial charge on any atom is -0.497 e. The second kappa shape index (κ2) is 7.18. The summed E-state index contributed by atoms with van der Waals surface area (Å²) in [5, 5.41) is 11.1. The van der Waals surface area contributed by atoms with Crippen LogP contribution in [0, 0.1) is 10.1 Å². The smallest absolute Gasteiger partial charge is 0.269 e. The van der Waals surface area contributed by atoms with E-state index in [-0.39, 0.29) is 11.5 Å². The SMILES string of the molecule is COc1ccc(-c2cc(-c3ccc([N+](=O)[O-])cc3)c3c(n2)-c2ccccc2C3=O)cc1. The Hall–Kier alpha value is -4.32. The van der Waals surface area contributed by atoms with Crippen LogP contribution in [0.2, 0.25) is 0 Å². The number of aromatic nitrogens is 1. The van der Waals surface area contributed by atoms with Crippen molar-refractivity contribution in [1.29, 1.82) is 0 Å². The summed E-state index contributed by atoms with van der Waals surface area (Å²) in [7, 11) is 1.61. The summed E-state index contributed by atoms with van der Waals surface area (Å²) in [5.74, 6) is 0.647. The van der Waals surface area contributed by atoms with Gasteiger partial charge < -0.3 is 4.74 Å². The average Bonchev–Trinajstić information content (AvgIpc) is 3.11. The number of nitro benzene ring substituents is 1. The van der Waals surface area contributed by atoms with Gasteiger partial charge in [-0.15, -0.1) is 0 Å². The molecular formula is C25H16N2O4. The first-order chi connectivity index (χ1) is 15.1. The quantitative estimate of drug-likeness (QED) is 0.288. The number of carbonyl (C=O) groups is 1. The van der Waals surface area contributed by atoms with Crippen molar-refractivity contribution < 1.29 is 14.5 Å². The van der Waals surface area contributed by atoms with Gasteiger partial charge in [-0.3, -0.25) is 14.9 Å². The summed E-state index contributed by atoms with van der Waals surface area (Å²) in [5.41, 5.74) is 5.56. The molecule has 1 heterocycles. The van der Waals surface area contributed by atoms with Crippen molar-refractivity contribution in [2.75, 3.05) is 7.11 Å². The van der Waals surface area contributed by atoms with E-state index in [0.29, 0.717) is 28.1 Å². The molecule has 1 aromatic heterocycles. The van der Waals surface area contributed by atoms with E-state index in [2.05, 4.69) is 0 Å². The molecule has 150 valence electrons. The molecule has 1 aliphatic rings. The maximum atomic E-state index is 13.2. The van der Waals surface area contributed by atoms with Gasteiger partial charge in [0.15, 0.2) is 5.78 Å². The van der Waals surface area contributed by atoms with Gasteiger partial charge in [0.25, 0.3) is 5.69 Å². The number of nitro groups is 1. The van der Waals surface area contributed by atoms with Gasteiger partial charge >= 0.3 is 0 Å². The van der Waals surface area contributed by atoms with Crippen molar-refractivity contribution >= 4 is 11.5 Å². The number of hydrogen-bond acceptors (Lipinski definition) is 5. The van der Waals surface area contributed by atoms with Crippen LogP contribution in [-0.4, -0.2) is 22.8 Å². The highest BCUT2D eigenvalue weighted by Gasteiger charge is 2.31. The molecule has 0 fully saturated rings. The molecule has 0 atom stereocenters. The number of ether oxygens (including phenoxy) is 1. The Morgan fingerprint density at radius 2 is 1.48 bits per heavy atom. The maximum absolute atomic E-state index is 13.2. The lowest BCUT2D eigenvalue weighted by molar-refractivity contribution is -0.384.